The first-order chi connectivity index (χ1) is 8.66. The molecule has 18 heavy (non-hydrogen) atoms. The number of nitrogens with one attached hydrogen (secondary N) is 1. The second kappa shape index (κ2) is 6.48. The summed E-state index contributed by atoms with van der Waals surface area (Å²) in [5.41, 5.74) is 3.55. The molecule has 2 aromatic rings. The average molecular weight is 326 g/mol. The van der Waals surface area contributed by atoms with Gasteiger partial charge in [-0.3, -0.25) is 0 Å². The van der Waals surface area contributed by atoms with E-state index in [4.69, 9.17) is 0 Å². The predicted octanol–water partition coefficient (Wildman–Crippen LogP) is 3.64. The Kier molecular flexibility index (Phi) is 4.95. The van der Waals surface area contributed by atoms with E-state index in [-0.39, 0.29) is 0 Å². The number of aliphatic hydroxyl groups is 1. The molecule has 2 N–H and O–H groups in total. The first-order valence-corrected chi connectivity index (χ1v) is 7.56. The maximum atomic E-state index is 10.1. The number of hydrogen-bond acceptors (Lipinski definition) is 3. The highest BCUT2D eigenvalue weighted by Gasteiger charge is 2.07. The van der Waals surface area contributed by atoms with Crippen LogP contribution in [-0.2, 0) is 6.54 Å². The van der Waals surface area contributed by atoms with E-state index in [1.165, 1.54) is 11.1 Å². The van der Waals surface area contributed by atoms with Crippen molar-refractivity contribution in [3.8, 4) is 0 Å². The van der Waals surface area contributed by atoms with Gasteiger partial charge in [0.2, 0.25) is 0 Å². The van der Waals surface area contributed by atoms with Crippen molar-refractivity contribution in [3.63, 3.8) is 0 Å². The van der Waals surface area contributed by atoms with E-state index in [0.717, 1.165) is 16.6 Å². The summed E-state index contributed by atoms with van der Waals surface area (Å²) in [5.74, 6) is 0. The minimum atomic E-state index is -0.471. The van der Waals surface area contributed by atoms with Crippen molar-refractivity contribution in [1.82, 2.24) is 5.32 Å². The number of halogens is 1. The van der Waals surface area contributed by atoms with Gasteiger partial charge in [-0.05, 0) is 46.5 Å². The van der Waals surface area contributed by atoms with Crippen LogP contribution in [0.5, 0.6) is 0 Å². The van der Waals surface area contributed by atoms with Crippen LogP contribution in [0.25, 0.3) is 0 Å². The van der Waals surface area contributed by atoms with Crippen LogP contribution in [0.1, 0.15) is 22.8 Å². The van der Waals surface area contributed by atoms with E-state index in [2.05, 4.69) is 38.9 Å². The van der Waals surface area contributed by atoms with E-state index in [1.807, 2.05) is 24.3 Å². The van der Waals surface area contributed by atoms with E-state index in [1.54, 1.807) is 11.3 Å². The van der Waals surface area contributed by atoms with Gasteiger partial charge in [0.1, 0.15) is 0 Å². The molecule has 0 aliphatic heterocycles. The van der Waals surface area contributed by atoms with Crippen LogP contribution in [0.4, 0.5) is 0 Å². The van der Waals surface area contributed by atoms with E-state index in [9.17, 15) is 5.11 Å². The molecule has 1 unspecified atom stereocenters. The molecular weight excluding hydrogens is 310 g/mol. The number of thiophene rings is 1. The molecule has 96 valence electrons. The van der Waals surface area contributed by atoms with Crippen molar-refractivity contribution < 1.29 is 5.11 Å². The minimum absolute atomic E-state index is 0.471. The molecule has 0 saturated heterocycles. The Morgan fingerprint density at radius 3 is 2.89 bits per heavy atom. The fourth-order valence-electron chi connectivity index (χ4n) is 1.74. The number of hydrogen-bond donors (Lipinski definition) is 2. The molecule has 1 atom stereocenters. The Bertz CT molecular complexity index is 512. The Morgan fingerprint density at radius 2 is 2.22 bits per heavy atom. The van der Waals surface area contributed by atoms with Crippen molar-refractivity contribution in [2.45, 2.75) is 19.6 Å². The van der Waals surface area contributed by atoms with Gasteiger partial charge in [0.25, 0.3) is 0 Å². The van der Waals surface area contributed by atoms with Crippen LogP contribution in [0.15, 0.2) is 39.5 Å². The lowest BCUT2D eigenvalue weighted by Crippen LogP contribution is -2.21. The summed E-state index contributed by atoms with van der Waals surface area (Å²) in [5, 5.41) is 17.6. The Balaban J connectivity index is 1.85. The molecule has 0 amide bonds. The zero-order valence-corrected chi connectivity index (χ0v) is 12.6. The quantitative estimate of drug-likeness (QED) is 0.879. The second-order valence-electron chi connectivity index (χ2n) is 4.28. The summed E-state index contributed by atoms with van der Waals surface area (Å²) in [4.78, 5) is 0. The van der Waals surface area contributed by atoms with Crippen LogP contribution >= 0.6 is 27.3 Å². The molecule has 0 spiro atoms. The molecule has 0 aliphatic rings. The smallest absolute Gasteiger partial charge is 0.0914 e. The summed E-state index contributed by atoms with van der Waals surface area (Å²) < 4.78 is 0.993. The normalized spacial score (nSPS) is 12.6. The zero-order chi connectivity index (χ0) is 13.0. The molecule has 0 bridgehead atoms. The molecule has 2 nitrogen and oxygen atoms in total. The lowest BCUT2D eigenvalue weighted by molar-refractivity contribution is 0.174. The van der Waals surface area contributed by atoms with Crippen molar-refractivity contribution in [1.29, 1.82) is 0 Å². The third kappa shape index (κ3) is 3.65. The fraction of sp³-hybridized carbons (Fsp3) is 0.286. The molecule has 0 aliphatic carbocycles. The predicted molar refractivity (Wildman–Crippen MR) is 79.9 cm³/mol. The van der Waals surface area contributed by atoms with E-state index in [0.29, 0.717) is 6.54 Å². The first kappa shape index (κ1) is 13.7. The van der Waals surface area contributed by atoms with Crippen LogP contribution in [0.2, 0.25) is 0 Å². The lowest BCUT2D eigenvalue weighted by Gasteiger charge is -2.12. The maximum Gasteiger partial charge on any atom is 0.0914 e. The molecule has 4 heteroatoms. The highest BCUT2D eigenvalue weighted by atomic mass is 79.9. The van der Waals surface area contributed by atoms with Gasteiger partial charge < -0.3 is 10.4 Å². The summed E-state index contributed by atoms with van der Waals surface area (Å²) in [7, 11) is 0. The van der Waals surface area contributed by atoms with Crippen molar-refractivity contribution in [3.05, 3.63) is 56.2 Å². The van der Waals surface area contributed by atoms with Gasteiger partial charge in [-0.25, -0.2) is 0 Å². The largest absolute Gasteiger partial charge is 0.387 e. The molecule has 0 radical (unpaired) electrons. The van der Waals surface area contributed by atoms with Gasteiger partial charge in [0.05, 0.1) is 6.10 Å². The van der Waals surface area contributed by atoms with Gasteiger partial charge in [0.15, 0.2) is 0 Å². The van der Waals surface area contributed by atoms with Crippen LogP contribution in [0, 0.1) is 6.92 Å². The Morgan fingerprint density at radius 1 is 1.39 bits per heavy atom. The topological polar surface area (TPSA) is 32.3 Å². The zero-order valence-electron chi connectivity index (χ0n) is 10.2. The first-order valence-electron chi connectivity index (χ1n) is 5.82. The van der Waals surface area contributed by atoms with E-state index >= 15 is 0 Å². The standard InChI is InChI=1S/C14H16BrNOS/c1-10-8-18-9-12(10)6-16-7-14(17)11-3-2-4-13(15)5-11/h2-5,8-9,14,16-17H,6-7H2,1H3. The van der Waals surface area contributed by atoms with Crippen LogP contribution in [0.3, 0.4) is 0 Å². The Labute approximate surface area is 120 Å². The summed E-state index contributed by atoms with van der Waals surface area (Å²) in [6, 6.07) is 7.78. The minimum Gasteiger partial charge on any atom is -0.387 e. The SMILES string of the molecule is Cc1cscc1CNCC(O)c1cccc(Br)c1. The fourth-order valence-corrected chi connectivity index (χ4v) is 3.02. The molecule has 1 heterocycles. The number of rotatable bonds is 5. The van der Waals surface area contributed by atoms with Crippen molar-refractivity contribution in [2.75, 3.05) is 6.54 Å². The maximum absolute atomic E-state index is 10.1. The van der Waals surface area contributed by atoms with Crippen LogP contribution < -0.4 is 5.32 Å². The average Bonchev–Trinajstić information content (AvgIpc) is 2.75. The lowest BCUT2D eigenvalue weighted by atomic mass is 10.1. The third-order valence-corrected chi connectivity index (χ3v) is 4.25. The molecule has 0 saturated carbocycles. The van der Waals surface area contributed by atoms with E-state index < -0.39 is 6.10 Å². The summed E-state index contributed by atoms with van der Waals surface area (Å²) in [6.07, 6.45) is -0.471. The number of benzene rings is 1. The Hall–Kier alpha value is -0.680. The molecular formula is C14H16BrNOS. The summed E-state index contributed by atoms with van der Waals surface area (Å²) in [6.45, 7) is 3.48. The van der Waals surface area contributed by atoms with Crippen molar-refractivity contribution >= 4 is 27.3 Å². The second-order valence-corrected chi connectivity index (χ2v) is 5.94. The molecule has 1 aromatic carbocycles. The molecule has 1 aromatic heterocycles. The van der Waals surface area contributed by atoms with Crippen LogP contribution in [-0.4, -0.2) is 11.7 Å². The molecule has 0 fully saturated rings. The summed E-state index contributed by atoms with van der Waals surface area (Å²) >= 11 is 5.12. The van der Waals surface area contributed by atoms with Gasteiger partial charge >= 0.3 is 0 Å². The number of aryl methyl sites for hydroxylation is 1. The highest BCUT2D eigenvalue weighted by Crippen LogP contribution is 2.18. The highest BCUT2D eigenvalue weighted by molar-refractivity contribution is 9.10. The number of aliphatic hydroxyl groups excluding tert-OH is 1. The van der Waals surface area contributed by atoms with Gasteiger partial charge in [-0.1, -0.05) is 28.1 Å². The monoisotopic (exact) mass is 325 g/mol. The van der Waals surface area contributed by atoms with Gasteiger partial charge in [0, 0.05) is 17.6 Å². The van der Waals surface area contributed by atoms with Crippen molar-refractivity contribution in [2.24, 2.45) is 0 Å². The van der Waals surface area contributed by atoms with Gasteiger partial charge in [-0.2, -0.15) is 11.3 Å². The van der Waals surface area contributed by atoms with Gasteiger partial charge in [-0.15, -0.1) is 0 Å². The molecule has 2 rings (SSSR count). The third-order valence-electron chi connectivity index (χ3n) is 2.85.